The topological polar surface area (TPSA) is 77.8 Å². The zero-order chi connectivity index (χ0) is 21.1. The first-order valence-corrected chi connectivity index (χ1v) is 11.6. The van der Waals surface area contributed by atoms with Crippen molar-refractivity contribution >= 4 is 11.4 Å². The minimum Gasteiger partial charge on any atom is -0.398 e. The summed E-state index contributed by atoms with van der Waals surface area (Å²) in [6.07, 6.45) is 9.17. The van der Waals surface area contributed by atoms with Gasteiger partial charge < -0.3 is 11.5 Å². The molecule has 2 unspecified atom stereocenters. The Balaban J connectivity index is 0.000000156. The number of hydrogen-bond acceptors (Lipinski definition) is 4. The molecule has 4 N–H and O–H groups in total. The van der Waals surface area contributed by atoms with Gasteiger partial charge in [0, 0.05) is 34.2 Å². The van der Waals surface area contributed by atoms with Crippen molar-refractivity contribution in [1.82, 2.24) is 9.97 Å². The number of rotatable bonds is 1. The Morgan fingerprint density at radius 1 is 0.862 bits per heavy atom. The summed E-state index contributed by atoms with van der Waals surface area (Å²) in [6, 6.07) is 2.02. The number of fused-ring (bicyclic) bond motifs is 3. The van der Waals surface area contributed by atoms with Gasteiger partial charge in [0.15, 0.2) is 0 Å². The van der Waals surface area contributed by atoms with E-state index in [2.05, 4.69) is 25.8 Å². The van der Waals surface area contributed by atoms with E-state index in [1.54, 1.807) is 0 Å². The van der Waals surface area contributed by atoms with Crippen molar-refractivity contribution in [2.75, 3.05) is 11.5 Å². The van der Waals surface area contributed by atoms with E-state index >= 15 is 0 Å². The van der Waals surface area contributed by atoms with Crippen molar-refractivity contribution in [3.8, 4) is 0 Å². The second kappa shape index (κ2) is 9.15. The summed E-state index contributed by atoms with van der Waals surface area (Å²) in [5.41, 5.74) is 23.2. The lowest BCUT2D eigenvalue weighted by Gasteiger charge is -2.12. The monoisotopic (exact) mass is 394 g/mol. The van der Waals surface area contributed by atoms with Crippen LogP contribution in [-0.4, -0.2) is 9.97 Å². The SMILES string of the molecule is CC.CC1CCc2c1nc1c(c2N)CCC1C.CCc1cc(N)c2c(n1)CCC2. The van der Waals surface area contributed by atoms with Crippen molar-refractivity contribution in [2.45, 2.75) is 97.8 Å². The molecule has 0 saturated carbocycles. The third-order valence-corrected chi connectivity index (χ3v) is 6.60. The second-order valence-corrected chi connectivity index (χ2v) is 8.47. The zero-order valence-electron chi connectivity index (χ0n) is 18.9. The molecule has 2 aromatic heterocycles. The van der Waals surface area contributed by atoms with Crippen LogP contribution in [0.25, 0.3) is 0 Å². The van der Waals surface area contributed by atoms with Crippen LogP contribution in [0.3, 0.4) is 0 Å². The molecule has 2 atom stereocenters. The van der Waals surface area contributed by atoms with Crippen LogP contribution < -0.4 is 11.5 Å². The first-order valence-electron chi connectivity index (χ1n) is 11.6. The Morgan fingerprint density at radius 3 is 2.00 bits per heavy atom. The van der Waals surface area contributed by atoms with Crippen molar-refractivity contribution < 1.29 is 0 Å². The summed E-state index contributed by atoms with van der Waals surface area (Å²) in [6.45, 7) is 10.7. The highest BCUT2D eigenvalue weighted by molar-refractivity contribution is 5.61. The summed E-state index contributed by atoms with van der Waals surface area (Å²) in [4.78, 5) is 9.43. The Hall–Kier alpha value is -2.10. The number of pyridine rings is 2. The van der Waals surface area contributed by atoms with Gasteiger partial charge in [0.25, 0.3) is 0 Å². The molecule has 0 spiro atoms. The number of nitrogens with two attached hydrogens (primary N) is 2. The largest absolute Gasteiger partial charge is 0.398 e. The molecular formula is C25H38N4. The van der Waals surface area contributed by atoms with Gasteiger partial charge in [0.1, 0.15) is 0 Å². The van der Waals surface area contributed by atoms with Gasteiger partial charge in [-0.3, -0.25) is 9.97 Å². The van der Waals surface area contributed by atoms with E-state index in [9.17, 15) is 0 Å². The van der Waals surface area contributed by atoms with Crippen molar-refractivity contribution in [3.63, 3.8) is 0 Å². The minimum absolute atomic E-state index is 0.611. The molecule has 4 heteroatoms. The molecule has 2 heterocycles. The fourth-order valence-electron chi connectivity index (χ4n) is 4.87. The predicted molar refractivity (Wildman–Crippen MR) is 124 cm³/mol. The second-order valence-electron chi connectivity index (χ2n) is 8.47. The Morgan fingerprint density at radius 2 is 1.45 bits per heavy atom. The minimum atomic E-state index is 0.611. The van der Waals surface area contributed by atoms with Crippen LogP contribution in [0.15, 0.2) is 6.07 Å². The molecule has 5 rings (SSSR count). The van der Waals surface area contributed by atoms with Crippen LogP contribution in [-0.2, 0) is 32.1 Å². The number of anilines is 2. The Kier molecular flexibility index (Phi) is 6.81. The lowest BCUT2D eigenvalue weighted by atomic mass is 10.0. The van der Waals surface area contributed by atoms with Crippen molar-refractivity contribution in [1.29, 1.82) is 0 Å². The van der Waals surface area contributed by atoms with E-state index in [1.165, 1.54) is 53.0 Å². The summed E-state index contributed by atoms with van der Waals surface area (Å²) in [5, 5.41) is 0. The van der Waals surface area contributed by atoms with Crippen LogP contribution in [0, 0.1) is 0 Å². The van der Waals surface area contributed by atoms with Crippen molar-refractivity contribution in [2.24, 2.45) is 0 Å². The quantitative estimate of drug-likeness (QED) is 0.669. The van der Waals surface area contributed by atoms with Gasteiger partial charge in [-0.05, 0) is 86.0 Å². The van der Waals surface area contributed by atoms with Gasteiger partial charge >= 0.3 is 0 Å². The maximum atomic E-state index is 6.27. The third kappa shape index (κ3) is 4.12. The first kappa shape index (κ1) is 21.6. The molecule has 2 aromatic rings. The molecule has 0 aliphatic heterocycles. The maximum absolute atomic E-state index is 6.27. The molecule has 0 bridgehead atoms. The Labute approximate surface area is 176 Å². The molecule has 158 valence electrons. The van der Waals surface area contributed by atoms with E-state index < -0.39 is 0 Å². The van der Waals surface area contributed by atoms with E-state index in [0.717, 1.165) is 49.2 Å². The summed E-state index contributed by atoms with van der Waals surface area (Å²) >= 11 is 0. The molecular weight excluding hydrogens is 356 g/mol. The highest BCUT2D eigenvalue weighted by Gasteiger charge is 2.30. The lowest BCUT2D eigenvalue weighted by molar-refractivity contribution is 0.702. The predicted octanol–water partition coefficient (Wildman–Crippen LogP) is 5.50. The number of nitrogen functional groups attached to an aromatic ring is 2. The molecule has 0 aromatic carbocycles. The Bertz CT molecular complexity index is 836. The van der Waals surface area contributed by atoms with Crippen LogP contribution in [0.2, 0.25) is 0 Å². The van der Waals surface area contributed by atoms with Gasteiger partial charge in [-0.2, -0.15) is 0 Å². The molecule has 3 aliphatic rings. The smallest absolute Gasteiger partial charge is 0.0488 e. The van der Waals surface area contributed by atoms with Gasteiger partial charge in [-0.15, -0.1) is 0 Å². The first-order chi connectivity index (χ1) is 14.0. The van der Waals surface area contributed by atoms with E-state index in [-0.39, 0.29) is 0 Å². The molecule has 0 fully saturated rings. The molecule has 3 aliphatic carbocycles. The number of hydrogen-bond donors (Lipinski definition) is 2. The molecule has 0 saturated heterocycles. The van der Waals surface area contributed by atoms with Gasteiger partial charge in [0.05, 0.1) is 0 Å². The molecule has 0 amide bonds. The number of aryl methyl sites for hydroxylation is 2. The van der Waals surface area contributed by atoms with Gasteiger partial charge in [-0.1, -0.05) is 34.6 Å². The third-order valence-electron chi connectivity index (χ3n) is 6.60. The molecule has 0 radical (unpaired) electrons. The average molecular weight is 395 g/mol. The van der Waals surface area contributed by atoms with Gasteiger partial charge in [0.2, 0.25) is 0 Å². The molecule has 4 nitrogen and oxygen atoms in total. The summed E-state index contributed by atoms with van der Waals surface area (Å²) in [7, 11) is 0. The standard InChI is InChI=1S/C13H18N2.C10H14N2.C2H6/c1-7-3-5-9-11(14)10-6-4-8(2)13(10)15-12(7)9;1-2-7-6-9(11)8-4-3-5-10(8)12-7;1-2/h7-8H,3-6H2,1-2H3,(H2,14,15);6H,2-5H2,1H3,(H2,11,12);1-2H3. The van der Waals surface area contributed by atoms with E-state index in [1.807, 2.05) is 19.9 Å². The summed E-state index contributed by atoms with van der Waals surface area (Å²) < 4.78 is 0. The maximum Gasteiger partial charge on any atom is 0.0488 e. The van der Waals surface area contributed by atoms with Crippen LogP contribution >= 0.6 is 0 Å². The summed E-state index contributed by atoms with van der Waals surface area (Å²) in [5.74, 6) is 1.22. The highest BCUT2D eigenvalue weighted by atomic mass is 14.8. The van der Waals surface area contributed by atoms with Crippen LogP contribution in [0.4, 0.5) is 11.4 Å². The number of aromatic nitrogens is 2. The van der Waals surface area contributed by atoms with Crippen LogP contribution in [0.5, 0.6) is 0 Å². The normalized spacial score (nSPS) is 20.7. The fourth-order valence-corrected chi connectivity index (χ4v) is 4.87. The van der Waals surface area contributed by atoms with E-state index in [0.29, 0.717) is 11.8 Å². The average Bonchev–Trinajstić information content (AvgIpc) is 3.45. The number of nitrogens with zero attached hydrogens (tertiary/aromatic N) is 2. The fraction of sp³-hybridized carbons (Fsp3) is 0.600. The lowest BCUT2D eigenvalue weighted by Crippen LogP contribution is -2.05. The van der Waals surface area contributed by atoms with E-state index in [4.69, 9.17) is 16.5 Å². The highest BCUT2D eigenvalue weighted by Crippen LogP contribution is 2.42. The van der Waals surface area contributed by atoms with Crippen molar-refractivity contribution in [3.05, 3.63) is 45.5 Å². The zero-order valence-corrected chi connectivity index (χ0v) is 18.9. The van der Waals surface area contributed by atoms with Gasteiger partial charge in [-0.25, -0.2) is 0 Å². The molecule has 29 heavy (non-hydrogen) atoms. The van der Waals surface area contributed by atoms with Crippen LogP contribution in [0.1, 0.15) is 105 Å².